The number of piperidine rings is 1. The molecule has 1 aromatic rings. The molecule has 0 bridgehead atoms. The van der Waals surface area contributed by atoms with Crippen LogP contribution in [0.15, 0.2) is 46.8 Å². The van der Waals surface area contributed by atoms with Gasteiger partial charge in [0, 0.05) is 6.42 Å². The van der Waals surface area contributed by atoms with Gasteiger partial charge in [-0.3, -0.25) is 0 Å². The Labute approximate surface area is 289 Å². The van der Waals surface area contributed by atoms with Crippen molar-refractivity contribution in [2.24, 2.45) is 17.3 Å². The zero-order valence-corrected chi connectivity index (χ0v) is 30.1. The number of unbranched alkanes of at least 4 members (excludes halogenated alkanes) is 2. The van der Waals surface area contributed by atoms with Gasteiger partial charge < -0.3 is 35.2 Å². The first-order valence-electron chi connectivity index (χ1n) is 19.0. The van der Waals surface area contributed by atoms with Gasteiger partial charge in [-0.25, -0.2) is 0 Å². The van der Waals surface area contributed by atoms with Crippen LogP contribution in [0.1, 0.15) is 121 Å². The fraction of sp³-hybridized carbons (Fsp3) is 0.707. The van der Waals surface area contributed by atoms with Crippen LogP contribution in [0, 0.1) is 24.2 Å². The summed E-state index contributed by atoms with van der Waals surface area (Å²) in [5.74, 6) is 1.97. The lowest BCUT2D eigenvalue weighted by molar-refractivity contribution is -0.291. The van der Waals surface area contributed by atoms with Gasteiger partial charge in [-0.05, 0) is 123 Å². The van der Waals surface area contributed by atoms with Crippen LogP contribution in [-0.2, 0) is 15.9 Å². The molecule has 0 radical (unpaired) electrons. The maximum atomic E-state index is 10.8. The summed E-state index contributed by atoms with van der Waals surface area (Å²) in [6.45, 7) is 10.6. The Balaban J connectivity index is 1.20. The second kappa shape index (κ2) is 17.3. The minimum absolute atomic E-state index is 0.318. The molecule has 48 heavy (non-hydrogen) atoms. The van der Waals surface area contributed by atoms with Crippen molar-refractivity contribution in [2.45, 2.75) is 148 Å². The highest BCUT2D eigenvalue weighted by Gasteiger charge is 2.45. The Kier molecular flexibility index (Phi) is 13.4. The molecule has 0 aromatic heterocycles. The number of allylic oxidation sites excluding steroid dienone is 4. The van der Waals surface area contributed by atoms with Crippen molar-refractivity contribution in [3.05, 3.63) is 63.4 Å². The SMILES string of the molecule is CCC1=C(OC2OC(CO)C(O)C(O)C2O)C(Cc2ccc(C=CCCCCC3CCCC4(CCNCC4)C3)cc2C)=C(C(C)C)CC1. The maximum Gasteiger partial charge on any atom is 0.229 e. The Morgan fingerprint density at radius 3 is 2.54 bits per heavy atom. The summed E-state index contributed by atoms with van der Waals surface area (Å²) in [5, 5.41) is 44.8. The van der Waals surface area contributed by atoms with Gasteiger partial charge in [0.1, 0.15) is 30.2 Å². The second-order valence-corrected chi connectivity index (χ2v) is 15.5. The zero-order chi connectivity index (χ0) is 34.3. The molecule has 1 saturated carbocycles. The van der Waals surface area contributed by atoms with Crippen LogP contribution in [0.25, 0.3) is 6.08 Å². The van der Waals surface area contributed by atoms with Gasteiger partial charge >= 0.3 is 0 Å². The lowest BCUT2D eigenvalue weighted by Crippen LogP contribution is -2.59. The molecule has 2 heterocycles. The molecule has 1 aromatic carbocycles. The van der Waals surface area contributed by atoms with Crippen molar-refractivity contribution in [3.63, 3.8) is 0 Å². The molecular formula is C41H63NO6. The average Bonchev–Trinajstić information content (AvgIpc) is 3.08. The lowest BCUT2D eigenvalue weighted by atomic mass is 9.64. The van der Waals surface area contributed by atoms with Crippen molar-refractivity contribution in [1.82, 2.24) is 5.32 Å². The first-order valence-corrected chi connectivity index (χ1v) is 19.0. The molecule has 2 aliphatic carbocycles. The van der Waals surface area contributed by atoms with Gasteiger partial charge in [0.25, 0.3) is 0 Å². The van der Waals surface area contributed by atoms with Gasteiger partial charge in [-0.2, -0.15) is 0 Å². The molecule has 4 aliphatic rings. The minimum Gasteiger partial charge on any atom is -0.462 e. The third kappa shape index (κ3) is 9.01. The van der Waals surface area contributed by atoms with E-state index in [0.717, 1.165) is 48.5 Å². The summed E-state index contributed by atoms with van der Waals surface area (Å²) in [4.78, 5) is 0. The van der Waals surface area contributed by atoms with E-state index < -0.39 is 37.3 Å². The standard InChI is InChI=1S/C41H63NO6/c1-5-31-16-17-33(27(2)3)34(39(31)48-40-38(46)37(45)36(44)35(26-43)47-40)24-32-15-14-29(23-28(32)4)11-8-6-7-9-12-30-13-10-18-41(25-30)19-21-42-22-20-41/h8,11,14-15,23,27,30,35-38,40,42-46H,5-7,9-10,12-13,16-22,24-26H2,1-4H3. The van der Waals surface area contributed by atoms with Gasteiger partial charge in [0.15, 0.2) is 0 Å². The predicted octanol–water partition coefficient (Wildman–Crippen LogP) is 6.90. The monoisotopic (exact) mass is 665 g/mol. The number of benzene rings is 1. The highest BCUT2D eigenvalue weighted by atomic mass is 16.7. The van der Waals surface area contributed by atoms with Crippen LogP contribution in [0.2, 0.25) is 0 Å². The van der Waals surface area contributed by atoms with E-state index in [-0.39, 0.29) is 0 Å². The van der Waals surface area contributed by atoms with Crippen LogP contribution in [0.5, 0.6) is 0 Å². The number of aryl methyl sites for hydroxylation is 1. The van der Waals surface area contributed by atoms with Crippen molar-refractivity contribution in [1.29, 1.82) is 0 Å². The second-order valence-electron chi connectivity index (χ2n) is 15.5. The first-order chi connectivity index (χ1) is 23.1. The molecule has 6 unspecified atom stereocenters. The summed E-state index contributed by atoms with van der Waals surface area (Å²) < 4.78 is 12.2. The number of hydrogen-bond donors (Lipinski definition) is 5. The molecular weight excluding hydrogens is 602 g/mol. The first kappa shape index (κ1) is 37.3. The highest BCUT2D eigenvalue weighted by Crippen LogP contribution is 2.47. The van der Waals surface area contributed by atoms with Crippen molar-refractivity contribution in [3.8, 4) is 0 Å². The number of aliphatic hydroxyl groups excluding tert-OH is 4. The van der Waals surface area contributed by atoms with Crippen molar-refractivity contribution in [2.75, 3.05) is 19.7 Å². The number of rotatable bonds is 13. The molecule has 2 saturated heterocycles. The number of aliphatic hydroxyl groups is 4. The third-order valence-electron chi connectivity index (χ3n) is 11.9. The van der Waals surface area contributed by atoms with Gasteiger partial charge in [0.2, 0.25) is 6.29 Å². The maximum absolute atomic E-state index is 10.8. The molecule has 7 nitrogen and oxygen atoms in total. The van der Waals surface area contributed by atoms with Crippen LogP contribution in [0.3, 0.4) is 0 Å². The molecule has 0 amide bonds. The van der Waals surface area contributed by atoms with E-state index in [1.807, 2.05) is 0 Å². The fourth-order valence-corrected chi connectivity index (χ4v) is 8.88. The van der Waals surface area contributed by atoms with Crippen molar-refractivity contribution >= 4 is 6.08 Å². The molecule has 6 atom stereocenters. The predicted molar refractivity (Wildman–Crippen MR) is 192 cm³/mol. The molecule has 7 heteroatoms. The van der Waals surface area contributed by atoms with E-state index in [2.05, 4.69) is 63.4 Å². The average molecular weight is 666 g/mol. The smallest absolute Gasteiger partial charge is 0.229 e. The normalized spacial score (nSPS) is 29.8. The van der Waals surface area contributed by atoms with Crippen LogP contribution in [-0.4, -0.2) is 70.8 Å². The summed E-state index contributed by atoms with van der Waals surface area (Å²) in [6.07, 6.45) is 15.0. The van der Waals surface area contributed by atoms with Crippen LogP contribution in [0.4, 0.5) is 0 Å². The van der Waals surface area contributed by atoms with Crippen LogP contribution >= 0.6 is 0 Å². The quantitative estimate of drug-likeness (QED) is 0.146. The molecule has 1 spiro atoms. The Bertz CT molecular complexity index is 1290. The van der Waals surface area contributed by atoms with Gasteiger partial charge in [-0.1, -0.05) is 82.4 Å². The summed E-state index contributed by atoms with van der Waals surface area (Å²) in [6, 6.07) is 6.71. The van der Waals surface area contributed by atoms with Gasteiger partial charge in [0.05, 0.1) is 6.61 Å². The molecule has 5 rings (SSSR count). The molecule has 268 valence electrons. The van der Waals surface area contributed by atoms with E-state index in [9.17, 15) is 20.4 Å². The van der Waals surface area contributed by atoms with E-state index >= 15 is 0 Å². The van der Waals surface area contributed by atoms with E-state index in [4.69, 9.17) is 9.47 Å². The summed E-state index contributed by atoms with van der Waals surface area (Å²) in [7, 11) is 0. The Morgan fingerprint density at radius 1 is 1.04 bits per heavy atom. The minimum atomic E-state index is -1.47. The summed E-state index contributed by atoms with van der Waals surface area (Å²) in [5.41, 5.74) is 7.92. The van der Waals surface area contributed by atoms with Crippen LogP contribution < -0.4 is 5.32 Å². The van der Waals surface area contributed by atoms with E-state index in [0.29, 0.717) is 17.8 Å². The zero-order valence-electron chi connectivity index (χ0n) is 30.1. The fourth-order valence-electron chi connectivity index (χ4n) is 8.88. The van der Waals surface area contributed by atoms with E-state index in [1.165, 1.54) is 93.1 Å². The number of hydrogen-bond acceptors (Lipinski definition) is 7. The molecule has 5 N–H and O–H groups in total. The molecule has 2 aliphatic heterocycles. The van der Waals surface area contributed by atoms with E-state index in [1.54, 1.807) is 0 Å². The lowest BCUT2D eigenvalue weighted by Gasteiger charge is -2.44. The summed E-state index contributed by atoms with van der Waals surface area (Å²) >= 11 is 0. The highest BCUT2D eigenvalue weighted by molar-refractivity contribution is 5.53. The number of nitrogens with one attached hydrogen (secondary N) is 1. The third-order valence-corrected chi connectivity index (χ3v) is 11.9. The van der Waals surface area contributed by atoms with Gasteiger partial charge in [-0.15, -0.1) is 0 Å². The topological polar surface area (TPSA) is 111 Å². The largest absolute Gasteiger partial charge is 0.462 e. The Hall–Kier alpha value is -2.00. The van der Waals surface area contributed by atoms with Crippen molar-refractivity contribution < 1.29 is 29.9 Å². The molecule has 3 fully saturated rings. The Morgan fingerprint density at radius 2 is 1.83 bits per heavy atom. The number of ether oxygens (including phenoxy) is 2.